The van der Waals surface area contributed by atoms with Gasteiger partial charge in [0.1, 0.15) is 0 Å². The average molecular weight is 263 g/mol. The van der Waals surface area contributed by atoms with Crippen LogP contribution in [-0.4, -0.2) is 58.0 Å². The Morgan fingerprint density at radius 3 is 2.79 bits per heavy atom. The lowest BCUT2D eigenvalue weighted by Crippen LogP contribution is -2.52. The number of hydrogen-bond acceptors (Lipinski definition) is 5. The minimum absolute atomic E-state index is 0.00876. The molecule has 2 rings (SSSR count). The molecule has 1 aliphatic rings. The van der Waals surface area contributed by atoms with Crippen molar-refractivity contribution in [2.24, 2.45) is 10.9 Å². The summed E-state index contributed by atoms with van der Waals surface area (Å²) in [6.07, 6.45) is 3.70. The van der Waals surface area contributed by atoms with Crippen LogP contribution in [0.3, 0.4) is 0 Å². The summed E-state index contributed by atoms with van der Waals surface area (Å²) in [5, 5.41) is 11.8. The Bertz CT molecular complexity index is 414. The highest BCUT2D eigenvalue weighted by Gasteiger charge is 2.23. The Morgan fingerprint density at radius 1 is 1.47 bits per heavy atom. The maximum Gasteiger partial charge on any atom is 0.156 e. The smallest absolute Gasteiger partial charge is 0.156 e. The number of nitrogens with two attached hydrogens (primary N) is 1. The van der Waals surface area contributed by atoms with Gasteiger partial charge in [0.2, 0.25) is 0 Å². The van der Waals surface area contributed by atoms with Crippen molar-refractivity contribution in [3.8, 4) is 0 Å². The van der Waals surface area contributed by atoms with E-state index in [4.69, 9.17) is 10.9 Å². The van der Waals surface area contributed by atoms with Gasteiger partial charge < -0.3 is 10.9 Å². The van der Waals surface area contributed by atoms with Gasteiger partial charge in [0.25, 0.3) is 0 Å². The van der Waals surface area contributed by atoms with Crippen LogP contribution in [-0.2, 0) is 6.54 Å². The Kier molecular flexibility index (Phi) is 4.70. The van der Waals surface area contributed by atoms with Gasteiger partial charge in [0.05, 0.1) is 6.04 Å². The van der Waals surface area contributed by atoms with Gasteiger partial charge in [0.15, 0.2) is 5.84 Å². The van der Waals surface area contributed by atoms with E-state index in [1.165, 1.54) is 5.56 Å². The van der Waals surface area contributed by atoms with Crippen LogP contribution < -0.4 is 5.73 Å². The maximum atomic E-state index is 8.70. The van der Waals surface area contributed by atoms with Crippen LogP contribution in [0, 0.1) is 0 Å². The number of oxime groups is 1. The lowest BCUT2D eigenvalue weighted by molar-refractivity contribution is 0.116. The molecule has 0 radical (unpaired) electrons. The molecule has 1 unspecified atom stereocenters. The molecular formula is C13H21N5O. The largest absolute Gasteiger partial charge is 0.409 e. The van der Waals surface area contributed by atoms with Crippen molar-refractivity contribution < 1.29 is 5.21 Å². The van der Waals surface area contributed by atoms with Crippen molar-refractivity contribution in [1.29, 1.82) is 0 Å². The Balaban J connectivity index is 1.83. The third-order valence-corrected chi connectivity index (χ3v) is 3.63. The lowest BCUT2D eigenvalue weighted by Gasteiger charge is -2.37. The summed E-state index contributed by atoms with van der Waals surface area (Å²) in [5.74, 6) is 0.278. The molecule has 0 aliphatic carbocycles. The van der Waals surface area contributed by atoms with E-state index >= 15 is 0 Å². The van der Waals surface area contributed by atoms with Gasteiger partial charge in [-0.2, -0.15) is 0 Å². The molecule has 0 spiro atoms. The molecule has 0 aromatic carbocycles. The second kappa shape index (κ2) is 6.49. The predicted octanol–water partition coefficient (Wildman–Crippen LogP) is 0.334. The molecule has 2 heterocycles. The molecule has 1 atom stereocenters. The molecule has 6 heteroatoms. The monoisotopic (exact) mass is 263 g/mol. The molecular weight excluding hydrogens is 242 g/mol. The Labute approximate surface area is 113 Å². The standard InChI is InChI=1S/C13H21N5O/c1-11(13(14)16-19)18-7-5-17(6-8-18)10-12-3-2-4-15-9-12/h2-4,9,11,19H,5-8,10H2,1H3,(H2,14,16). The minimum Gasteiger partial charge on any atom is -0.409 e. The Morgan fingerprint density at radius 2 is 2.21 bits per heavy atom. The lowest BCUT2D eigenvalue weighted by atomic mass is 10.2. The first-order valence-corrected chi connectivity index (χ1v) is 6.53. The number of aromatic nitrogens is 1. The summed E-state index contributed by atoms with van der Waals surface area (Å²) in [6.45, 7) is 6.72. The molecule has 1 saturated heterocycles. The number of amidine groups is 1. The van der Waals surface area contributed by atoms with Gasteiger partial charge in [-0.1, -0.05) is 11.2 Å². The summed E-state index contributed by atoms with van der Waals surface area (Å²) in [4.78, 5) is 8.76. The second-order valence-electron chi connectivity index (χ2n) is 4.87. The van der Waals surface area contributed by atoms with Gasteiger partial charge in [-0.25, -0.2) is 0 Å². The zero-order valence-electron chi connectivity index (χ0n) is 11.2. The first-order valence-electron chi connectivity index (χ1n) is 6.53. The van der Waals surface area contributed by atoms with Gasteiger partial charge in [0, 0.05) is 45.1 Å². The van der Waals surface area contributed by atoms with Gasteiger partial charge in [-0.05, 0) is 18.6 Å². The molecule has 19 heavy (non-hydrogen) atoms. The summed E-state index contributed by atoms with van der Waals surface area (Å²) in [7, 11) is 0. The highest BCUT2D eigenvalue weighted by Crippen LogP contribution is 2.10. The molecule has 3 N–H and O–H groups in total. The molecule has 1 fully saturated rings. The fraction of sp³-hybridized carbons (Fsp3) is 0.538. The van der Waals surface area contributed by atoms with Crippen LogP contribution in [0.25, 0.3) is 0 Å². The molecule has 1 aromatic rings. The third kappa shape index (κ3) is 3.65. The van der Waals surface area contributed by atoms with E-state index in [-0.39, 0.29) is 11.9 Å². The van der Waals surface area contributed by atoms with Crippen molar-refractivity contribution in [3.05, 3.63) is 30.1 Å². The van der Waals surface area contributed by atoms with E-state index in [2.05, 4.69) is 26.0 Å². The number of hydrogen-bond donors (Lipinski definition) is 2. The predicted molar refractivity (Wildman–Crippen MR) is 74.0 cm³/mol. The average Bonchev–Trinajstić information content (AvgIpc) is 2.47. The van der Waals surface area contributed by atoms with Crippen LogP contribution in [0.2, 0.25) is 0 Å². The number of nitrogens with zero attached hydrogens (tertiary/aromatic N) is 4. The number of rotatable bonds is 4. The first kappa shape index (κ1) is 13.8. The van der Waals surface area contributed by atoms with E-state index in [1.54, 1.807) is 6.20 Å². The van der Waals surface area contributed by atoms with Crippen LogP contribution in [0.1, 0.15) is 12.5 Å². The van der Waals surface area contributed by atoms with Crippen LogP contribution in [0.4, 0.5) is 0 Å². The van der Waals surface area contributed by atoms with Crippen LogP contribution in [0.5, 0.6) is 0 Å². The molecule has 104 valence electrons. The molecule has 0 saturated carbocycles. The summed E-state index contributed by atoms with van der Waals surface area (Å²) in [6, 6.07) is 4.05. The maximum absolute atomic E-state index is 8.70. The highest BCUT2D eigenvalue weighted by atomic mass is 16.4. The topological polar surface area (TPSA) is 78.0 Å². The third-order valence-electron chi connectivity index (χ3n) is 3.63. The quantitative estimate of drug-likeness (QED) is 0.354. The van der Waals surface area contributed by atoms with Gasteiger partial charge in [-0.15, -0.1) is 0 Å². The van der Waals surface area contributed by atoms with E-state index in [1.807, 2.05) is 19.2 Å². The fourth-order valence-electron chi connectivity index (χ4n) is 2.33. The zero-order chi connectivity index (χ0) is 13.7. The van der Waals surface area contributed by atoms with E-state index in [0.717, 1.165) is 32.7 Å². The number of piperazine rings is 1. The van der Waals surface area contributed by atoms with Crippen LogP contribution >= 0.6 is 0 Å². The van der Waals surface area contributed by atoms with Crippen LogP contribution in [0.15, 0.2) is 29.7 Å². The molecule has 0 amide bonds. The zero-order valence-corrected chi connectivity index (χ0v) is 11.2. The molecule has 1 aromatic heterocycles. The minimum atomic E-state index is -0.00876. The van der Waals surface area contributed by atoms with Crippen molar-refractivity contribution in [3.63, 3.8) is 0 Å². The Hall–Kier alpha value is -1.66. The highest BCUT2D eigenvalue weighted by molar-refractivity contribution is 5.84. The summed E-state index contributed by atoms with van der Waals surface area (Å²) < 4.78 is 0. The van der Waals surface area contributed by atoms with E-state index in [0.29, 0.717) is 0 Å². The van der Waals surface area contributed by atoms with E-state index in [9.17, 15) is 0 Å². The van der Waals surface area contributed by atoms with Crippen molar-refractivity contribution >= 4 is 5.84 Å². The summed E-state index contributed by atoms with van der Waals surface area (Å²) in [5.41, 5.74) is 6.88. The SMILES string of the molecule is CC(/C(N)=N/O)N1CCN(Cc2cccnc2)CC1. The first-order chi connectivity index (χ1) is 9.20. The number of pyridine rings is 1. The van der Waals surface area contributed by atoms with Crippen molar-refractivity contribution in [2.75, 3.05) is 26.2 Å². The van der Waals surface area contributed by atoms with Gasteiger partial charge >= 0.3 is 0 Å². The second-order valence-corrected chi connectivity index (χ2v) is 4.87. The fourth-order valence-corrected chi connectivity index (χ4v) is 2.33. The normalized spacial score (nSPS) is 20.4. The van der Waals surface area contributed by atoms with Gasteiger partial charge in [-0.3, -0.25) is 14.8 Å². The molecule has 1 aliphatic heterocycles. The summed E-state index contributed by atoms with van der Waals surface area (Å²) >= 11 is 0. The molecule has 6 nitrogen and oxygen atoms in total. The van der Waals surface area contributed by atoms with Crippen molar-refractivity contribution in [2.45, 2.75) is 19.5 Å². The van der Waals surface area contributed by atoms with E-state index < -0.39 is 0 Å². The molecule has 0 bridgehead atoms. The van der Waals surface area contributed by atoms with Crippen molar-refractivity contribution in [1.82, 2.24) is 14.8 Å².